The average Bonchev–Trinajstić information content (AvgIpc) is 2.75. The number of aromatic nitrogens is 1. The van der Waals surface area contributed by atoms with Gasteiger partial charge in [0.1, 0.15) is 5.84 Å². The molecule has 98 valence electrons. The zero-order valence-corrected chi connectivity index (χ0v) is 11.7. The molecule has 1 heterocycles. The highest BCUT2D eigenvalue weighted by Crippen LogP contribution is 2.17. The van der Waals surface area contributed by atoms with Crippen LogP contribution in [0.4, 0.5) is 5.13 Å². The Bertz CT molecular complexity index is 630. The summed E-state index contributed by atoms with van der Waals surface area (Å²) in [5.41, 5.74) is 13.2. The molecule has 0 bridgehead atoms. The van der Waals surface area contributed by atoms with Gasteiger partial charge in [0.05, 0.1) is 5.69 Å². The number of thiazole rings is 1. The van der Waals surface area contributed by atoms with E-state index < -0.39 is 0 Å². The van der Waals surface area contributed by atoms with Crippen molar-refractivity contribution in [3.8, 4) is 0 Å². The predicted octanol–water partition coefficient (Wildman–Crippen LogP) is 2.46. The van der Waals surface area contributed by atoms with Crippen molar-refractivity contribution >= 4 is 39.9 Å². The fraction of sp³-hybridized carbons (Fsp3) is 0.0833. The van der Waals surface area contributed by atoms with Gasteiger partial charge in [-0.25, -0.2) is 4.98 Å². The van der Waals surface area contributed by atoms with Crippen molar-refractivity contribution in [2.75, 3.05) is 0 Å². The second-order valence-corrected chi connectivity index (χ2v) is 5.02. The van der Waals surface area contributed by atoms with Gasteiger partial charge in [0.15, 0.2) is 0 Å². The number of amidine groups is 1. The van der Waals surface area contributed by atoms with E-state index in [9.17, 15) is 0 Å². The van der Waals surface area contributed by atoms with E-state index in [0.717, 1.165) is 11.3 Å². The molecule has 0 radical (unpaired) electrons. The molecule has 0 aliphatic heterocycles. The number of hydrogen-bond donors (Lipinski definition) is 2. The standard InChI is InChI=1S/C12H12ClN5S/c1-7-6-19-12(16-7)18-11(15)17-10(14)8-2-4-9(13)5-3-8/h2-6H,1H3,(H4,14,15,16,17,18). The fourth-order valence-electron chi connectivity index (χ4n) is 1.32. The van der Waals surface area contributed by atoms with Crippen molar-refractivity contribution in [3.63, 3.8) is 0 Å². The van der Waals surface area contributed by atoms with Crippen LogP contribution < -0.4 is 11.5 Å². The third-order valence-electron chi connectivity index (χ3n) is 2.19. The smallest absolute Gasteiger partial charge is 0.224 e. The lowest BCUT2D eigenvalue weighted by atomic mass is 10.2. The zero-order chi connectivity index (χ0) is 13.8. The van der Waals surface area contributed by atoms with Crippen molar-refractivity contribution in [1.29, 1.82) is 0 Å². The number of aliphatic imine (C=N–C) groups is 2. The van der Waals surface area contributed by atoms with E-state index in [4.69, 9.17) is 23.1 Å². The molecular weight excluding hydrogens is 282 g/mol. The molecule has 1 aromatic carbocycles. The highest BCUT2D eigenvalue weighted by Gasteiger charge is 2.01. The largest absolute Gasteiger partial charge is 0.383 e. The molecular formula is C12H12ClN5S. The van der Waals surface area contributed by atoms with Crippen LogP contribution in [0, 0.1) is 6.92 Å². The van der Waals surface area contributed by atoms with Crippen molar-refractivity contribution in [3.05, 3.63) is 45.9 Å². The lowest BCUT2D eigenvalue weighted by Crippen LogP contribution is -2.19. The summed E-state index contributed by atoms with van der Waals surface area (Å²) in [6.07, 6.45) is 0. The normalized spacial score (nSPS) is 12.7. The summed E-state index contributed by atoms with van der Waals surface area (Å²) in [5.74, 6) is 0.355. The van der Waals surface area contributed by atoms with Gasteiger partial charge < -0.3 is 11.5 Å². The fourth-order valence-corrected chi connectivity index (χ4v) is 2.12. The number of aryl methyl sites for hydroxylation is 1. The summed E-state index contributed by atoms with van der Waals surface area (Å²) in [6, 6.07) is 7.00. The quantitative estimate of drug-likeness (QED) is 0.658. The first-order valence-electron chi connectivity index (χ1n) is 5.41. The Kier molecular flexibility index (Phi) is 4.13. The number of benzene rings is 1. The lowest BCUT2D eigenvalue weighted by molar-refractivity contribution is 1.23. The van der Waals surface area contributed by atoms with Crippen LogP contribution in [-0.2, 0) is 0 Å². The third-order valence-corrected chi connectivity index (χ3v) is 3.30. The summed E-state index contributed by atoms with van der Waals surface area (Å²) in [7, 11) is 0. The Morgan fingerprint density at radius 1 is 1.26 bits per heavy atom. The summed E-state index contributed by atoms with van der Waals surface area (Å²) in [6.45, 7) is 1.89. The lowest BCUT2D eigenvalue weighted by Gasteiger charge is -2.00. The minimum atomic E-state index is 0.0711. The van der Waals surface area contributed by atoms with E-state index >= 15 is 0 Å². The molecule has 19 heavy (non-hydrogen) atoms. The number of nitrogens with zero attached hydrogens (tertiary/aromatic N) is 3. The maximum Gasteiger partial charge on any atom is 0.224 e. The van der Waals surface area contributed by atoms with Crippen molar-refractivity contribution in [2.24, 2.45) is 21.5 Å². The molecule has 4 N–H and O–H groups in total. The summed E-state index contributed by atoms with van der Waals surface area (Å²) < 4.78 is 0. The molecule has 0 aliphatic rings. The van der Waals surface area contributed by atoms with Crippen molar-refractivity contribution in [2.45, 2.75) is 6.92 Å². The Morgan fingerprint density at radius 3 is 2.53 bits per heavy atom. The number of hydrogen-bond acceptors (Lipinski definition) is 3. The summed E-state index contributed by atoms with van der Waals surface area (Å²) in [5, 5.41) is 3.08. The predicted molar refractivity (Wildman–Crippen MR) is 80.3 cm³/mol. The van der Waals surface area contributed by atoms with Gasteiger partial charge in [0.25, 0.3) is 0 Å². The first-order valence-corrected chi connectivity index (χ1v) is 6.67. The Balaban J connectivity index is 2.20. The molecule has 0 spiro atoms. The summed E-state index contributed by atoms with van der Waals surface area (Å²) in [4.78, 5) is 12.3. The van der Waals surface area contributed by atoms with Gasteiger partial charge in [0, 0.05) is 16.0 Å². The first kappa shape index (κ1) is 13.5. The van der Waals surface area contributed by atoms with Gasteiger partial charge in [-0.15, -0.1) is 11.3 Å². The van der Waals surface area contributed by atoms with Crippen LogP contribution in [0.3, 0.4) is 0 Å². The van der Waals surface area contributed by atoms with E-state index in [1.54, 1.807) is 24.3 Å². The summed E-state index contributed by atoms with van der Waals surface area (Å²) >= 11 is 7.19. The molecule has 0 atom stereocenters. The molecule has 0 unspecified atom stereocenters. The van der Waals surface area contributed by atoms with Gasteiger partial charge in [-0.3, -0.25) is 0 Å². The molecule has 0 fully saturated rings. The average molecular weight is 294 g/mol. The number of nitrogens with two attached hydrogens (primary N) is 2. The second kappa shape index (κ2) is 5.81. The topological polar surface area (TPSA) is 89.6 Å². The van der Waals surface area contributed by atoms with Gasteiger partial charge in [-0.05, 0) is 31.2 Å². The Labute approximate surface area is 119 Å². The van der Waals surface area contributed by atoms with Crippen LogP contribution in [0.2, 0.25) is 5.02 Å². The minimum absolute atomic E-state index is 0.0711. The highest BCUT2D eigenvalue weighted by atomic mass is 35.5. The minimum Gasteiger partial charge on any atom is -0.383 e. The number of halogens is 1. The molecule has 1 aromatic heterocycles. The molecule has 0 amide bonds. The van der Waals surface area contributed by atoms with Crippen LogP contribution in [0.25, 0.3) is 0 Å². The van der Waals surface area contributed by atoms with Crippen LogP contribution in [0.5, 0.6) is 0 Å². The van der Waals surface area contributed by atoms with Gasteiger partial charge in [0.2, 0.25) is 11.1 Å². The van der Waals surface area contributed by atoms with Crippen molar-refractivity contribution < 1.29 is 0 Å². The molecule has 7 heteroatoms. The van der Waals surface area contributed by atoms with E-state index in [-0.39, 0.29) is 11.8 Å². The molecule has 2 rings (SSSR count). The van der Waals surface area contributed by atoms with Crippen LogP contribution in [0.15, 0.2) is 39.6 Å². The SMILES string of the molecule is Cc1csc(/N=C(N)/N=C(\N)c2ccc(Cl)cc2)n1. The molecule has 0 saturated heterocycles. The Morgan fingerprint density at radius 2 is 1.95 bits per heavy atom. The van der Waals surface area contributed by atoms with Gasteiger partial charge >= 0.3 is 0 Å². The maximum atomic E-state index is 5.83. The zero-order valence-electron chi connectivity index (χ0n) is 10.2. The molecule has 2 aromatic rings. The second-order valence-electron chi connectivity index (χ2n) is 3.75. The van der Waals surface area contributed by atoms with Gasteiger partial charge in [-0.1, -0.05) is 11.6 Å². The van der Waals surface area contributed by atoms with Crippen LogP contribution in [-0.4, -0.2) is 16.8 Å². The number of guanidine groups is 1. The number of rotatable bonds is 2. The van der Waals surface area contributed by atoms with E-state index in [0.29, 0.717) is 10.2 Å². The van der Waals surface area contributed by atoms with E-state index in [1.807, 2.05) is 12.3 Å². The molecule has 0 aliphatic carbocycles. The van der Waals surface area contributed by atoms with Crippen LogP contribution in [0.1, 0.15) is 11.3 Å². The maximum absolute atomic E-state index is 5.83. The van der Waals surface area contributed by atoms with Gasteiger partial charge in [-0.2, -0.15) is 9.98 Å². The third kappa shape index (κ3) is 3.77. The monoisotopic (exact) mass is 293 g/mol. The first-order chi connectivity index (χ1) is 9.04. The van der Waals surface area contributed by atoms with E-state index in [1.165, 1.54) is 11.3 Å². The molecule has 0 saturated carbocycles. The van der Waals surface area contributed by atoms with Crippen LogP contribution >= 0.6 is 22.9 Å². The molecule has 5 nitrogen and oxygen atoms in total. The van der Waals surface area contributed by atoms with Crippen molar-refractivity contribution in [1.82, 2.24) is 4.98 Å². The van der Waals surface area contributed by atoms with E-state index in [2.05, 4.69) is 15.0 Å². The Hall–Kier alpha value is -1.92. The highest BCUT2D eigenvalue weighted by molar-refractivity contribution is 7.13.